The van der Waals surface area contributed by atoms with Gasteiger partial charge in [0.25, 0.3) is 0 Å². The zero-order chi connectivity index (χ0) is 14.8. The molecule has 0 aliphatic rings. The summed E-state index contributed by atoms with van der Waals surface area (Å²) in [4.78, 5) is 12.5. The Labute approximate surface area is 123 Å². The summed E-state index contributed by atoms with van der Waals surface area (Å²) in [5, 5.41) is 0.0321. The summed E-state index contributed by atoms with van der Waals surface area (Å²) in [6.07, 6.45) is 0.123. The van der Waals surface area contributed by atoms with Crippen molar-refractivity contribution in [3.05, 3.63) is 70.5 Å². The largest absolute Gasteiger partial charge is 0.298 e. The van der Waals surface area contributed by atoms with Crippen LogP contribution >= 0.6 is 11.6 Å². The molecule has 0 saturated heterocycles. The average molecular weight is 291 g/mol. The Kier molecular flexibility index (Phi) is 4.24. The van der Waals surface area contributed by atoms with Crippen LogP contribution < -0.4 is 0 Å². The molecule has 0 fully saturated rings. The van der Waals surface area contributed by atoms with Crippen LogP contribution in [0.2, 0.25) is 5.02 Å². The van der Waals surface area contributed by atoms with Crippen LogP contribution in [0.25, 0.3) is 0 Å². The van der Waals surface area contributed by atoms with Gasteiger partial charge in [-0.15, -0.1) is 0 Å². The average Bonchev–Trinajstić information content (AvgIpc) is 2.44. The first-order chi connectivity index (χ1) is 9.43. The lowest BCUT2D eigenvalue weighted by Crippen LogP contribution is -2.30. The van der Waals surface area contributed by atoms with Crippen LogP contribution in [0.1, 0.15) is 25.0 Å². The van der Waals surface area contributed by atoms with E-state index in [4.69, 9.17) is 11.6 Å². The van der Waals surface area contributed by atoms with Crippen molar-refractivity contribution in [3.8, 4) is 0 Å². The third kappa shape index (κ3) is 2.91. The van der Waals surface area contributed by atoms with E-state index in [9.17, 15) is 9.18 Å². The van der Waals surface area contributed by atoms with Crippen molar-refractivity contribution in [3.63, 3.8) is 0 Å². The number of carbonyl (C=O) groups excluding carboxylic acids is 1. The molecular formula is C17H16ClFO. The lowest BCUT2D eigenvalue weighted by atomic mass is 9.78. The van der Waals surface area contributed by atoms with Crippen LogP contribution in [0.4, 0.5) is 4.39 Å². The number of ketones is 1. The third-order valence-corrected chi connectivity index (χ3v) is 4.00. The predicted molar refractivity (Wildman–Crippen MR) is 79.6 cm³/mol. The van der Waals surface area contributed by atoms with Crippen molar-refractivity contribution in [1.29, 1.82) is 0 Å². The molecule has 20 heavy (non-hydrogen) atoms. The molecule has 104 valence electrons. The van der Waals surface area contributed by atoms with E-state index in [1.807, 2.05) is 44.2 Å². The molecule has 0 aliphatic carbocycles. The standard InChI is InChI=1S/C17H16ClFO/c1-17(2,13-8-4-3-5-9-13)15(20)11-12-7-6-10-14(19)16(12)18/h3-10H,11H2,1-2H3. The molecular weight excluding hydrogens is 275 g/mol. The molecule has 0 atom stereocenters. The summed E-state index contributed by atoms with van der Waals surface area (Å²) in [5.41, 5.74) is 0.842. The smallest absolute Gasteiger partial charge is 0.147 e. The summed E-state index contributed by atoms with van der Waals surface area (Å²) in [6, 6.07) is 14.1. The van der Waals surface area contributed by atoms with Gasteiger partial charge in [-0.1, -0.05) is 54.1 Å². The number of benzene rings is 2. The molecule has 0 spiro atoms. The maximum Gasteiger partial charge on any atom is 0.147 e. The zero-order valence-corrected chi connectivity index (χ0v) is 12.2. The van der Waals surface area contributed by atoms with Crippen molar-refractivity contribution in [2.24, 2.45) is 0 Å². The van der Waals surface area contributed by atoms with E-state index in [2.05, 4.69) is 0 Å². The number of rotatable bonds is 4. The SMILES string of the molecule is CC(C)(C(=O)Cc1cccc(F)c1Cl)c1ccccc1. The quantitative estimate of drug-likeness (QED) is 0.806. The summed E-state index contributed by atoms with van der Waals surface area (Å²) < 4.78 is 13.4. The van der Waals surface area contributed by atoms with E-state index >= 15 is 0 Å². The van der Waals surface area contributed by atoms with E-state index in [1.165, 1.54) is 6.07 Å². The van der Waals surface area contributed by atoms with E-state index in [0.29, 0.717) is 5.56 Å². The predicted octanol–water partition coefficient (Wildman–Crippen LogP) is 4.57. The lowest BCUT2D eigenvalue weighted by molar-refractivity contribution is -0.122. The fourth-order valence-electron chi connectivity index (χ4n) is 2.09. The maximum atomic E-state index is 13.4. The molecule has 0 radical (unpaired) electrons. The van der Waals surface area contributed by atoms with Gasteiger partial charge in [0, 0.05) is 11.8 Å². The van der Waals surface area contributed by atoms with Crippen LogP contribution in [0.3, 0.4) is 0 Å². The van der Waals surface area contributed by atoms with E-state index in [0.717, 1.165) is 5.56 Å². The molecule has 0 N–H and O–H groups in total. The second-order valence-electron chi connectivity index (χ2n) is 5.30. The van der Waals surface area contributed by atoms with Crippen molar-refractivity contribution in [2.45, 2.75) is 25.7 Å². The number of carbonyl (C=O) groups is 1. The highest BCUT2D eigenvalue weighted by Crippen LogP contribution is 2.28. The third-order valence-electron chi connectivity index (χ3n) is 3.58. The van der Waals surface area contributed by atoms with Gasteiger partial charge in [-0.25, -0.2) is 4.39 Å². The number of hydrogen-bond donors (Lipinski definition) is 0. The minimum atomic E-state index is -0.628. The first kappa shape index (κ1) is 14.7. The minimum Gasteiger partial charge on any atom is -0.298 e. The van der Waals surface area contributed by atoms with E-state index in [-0.39, 0.29) is 17.2 Å². The van der Waals surface area contributed by atoms with Gasteiger partial charge in [-0.05, 0) is 31.0 Å². The van der Waals surface area contributed by atoms with Crippen molar-refractivity contribution < 1.29 is 9.18 Å². The summed E-state index contributed by atoms with van der Waals surface area (Å²) in [6.45, 7) is 3.75. The Hall–Kier alpha value is -1.67. The normalized spacial score (nSPS) is 11.4. The Balaban J connectivity index is 2.26. The molecule has 0 aromatic heterocycles. The molecule has 3 heteroatoms. The van der Waals surface area contributed by atoms with Crippen LogP contribution in [0.15, 0.2) is 48.5 Å². The topological polar surface area (TPSA) is 17.1 Å². The molecule has 0 aliphatic heterocycles. The molecule has 0 bridgehead atoms. The fourth-order valence-corrected chi connectivity index (χ4v) is 2.29. The maximum absolute atomic E-state index is 13.4. The van der Waals surface area contributed by atoms with Gasteiger partial charge in [-0.2, -0.15) is 0 Å². The molecule has 0 heterocycles. The minimum absolute atomic E-state index is 0.0104. The molecule has 0 saturated carbocycles. The zero-order valence-electron chi connectivity index (χ0n) is 11.5. The van der Waals surface area contributed by atoms with Crippen molar-refractivity contribution in [2.75, 3.05) is 0 Å². The van der Waals surface area contributed by atoms with Crippen LogP contribution in [0, 0.1) is 5.82 Å². The Bertz CT molecular complexity index is 620. The van der Waals surface area contributed by atoms with Gasteiger partial charge in [0.15, 0.2) is 0 Å². The first-order valence-electron chi connectivity index (χ1n) is 6.44. The first-order valence-corrected chi connectivity index (χ1v) is 6.82. The van der Waals surface area contributed by atoms with Gasteiger partial charge in [0.2, 0.25) is 0 Å². The highest BCUT2D eigenvalue weighted by molar-refractivity contribution is 6.31. The Morgan fingerprint density at radius 3 is 2.40 bits per heavy atom. The molecule has 1 nitrogen and oxygen atoms in total. The second kappa shape index (κ2) is 5.76. The molecule has 0 amide bonds. The highest BCUT2D eigenvalue weighted by atomic mass is 35.5. The summed E-state index contributed by atoms with van der Waals surface area (Å²) in [7, 11) is 0. The number of Topliss-reactive ketones (excluding diaryl/α,β-unsaturated/α-hetero) is 1. The van der Waals surface area contributed by atoms with Gasteiger partial charge < -0.3 is 0 Å². The van der Waals surface area contributed by atoms with Crippen LogP contribution in [-0.2, 0) is 16.6 Å². The molecule has 2 aromatic carbocycles. The fraction of sp³-hybridized carbons (Fsp3) is 0.235. The van der Waals surface area contributed by atoms with Gasteiger partial charge in [-0.3, -0.25) is 4.79 Å². The number of hydrogen-bond acceptors (Lipinski definition) is 1. The van der Waals surface area contributed by atoms with Crippen LogP contribution in [0.5, 0.6) is 0 Å². The van der Waals surface area contributed by atoms with Crippen LogP contribution in [-0.4, -0.2) is 5.78 Å². The number of halogens is 2. The molecule has 0 unspecified atom stereocenters. The summed E-state index contributed by atoms with van der Waals surface area (Å²) >= 11 is 5.91. The second-order valence-corrected chi connectivity index (χ2v) is 5.68. The van der Waals surface area contributed by atoms with E-state index in [1.54, 1.807) is 12.1 Å². The molecule has 2 aromatic rings. The summed E-state index contributed by atoms with van der Waals surface area (Å²) in [5.74, 6) is -0.481. The Morgan fingerprint density at radius 2 is 1.75 bits per heavy atom. The van der Waals surface area contributed by atoms with Gasteiger partial charge >= 0.3 is 0 Å². The van der Waals surface area contributed by atoms with E-state index < -0.39 is 11.2 Å². The highest BCUT2D eigenvalue weighted by Gasteiger charge is 2.29. The van der Waals surface area contributed by atoms with Gasteiger partial charge in [0.05, 0.1) is 5.02 Å². The Morgan fingerprint density at radius 1 is 1.10 bits per heavy atom. The van der Waals surface area contributed by atoms with Crippen molar-refractivity contribution >= 4 is 17.4 Å². The lowest BCUT2D eigenvalue weighted by Gasteiger charge is -2.24. The van der Waals surface area contributed by atoms with Crippen molar-refractivity contribution in [1.82, 2.24) is 0 Å². The van der Waals surface area contributed by atoms with Gasteiger partial charge in [0.1, 0.15) is 11.6 Å². The monoisotopic (exact) mass is 290 g/mol. The molecule has 2 rings (SSSR count).